The van der Waals surface area contributed by atoms with Gasteiger partial charge in [-0.2, -0.15) is 5.26 Å². The van der Waals surface area contributed by atoms with Crippen molar-refractivity contribution in [3.63, 3.8) is 0 Å². The van der Waals surface area contributed by atoms with Crippen LogP contribution in [0.3, 0.4) is 0 Å². The minimum absolute atomic E-state index is 0.592. The molecule has 0 unspecified atom stereocenters. The van der Waals surface area contributed by atoms with E-state index in [0.717, 1.165) is 11.3 Å². The summed E-state index contributed by atoms with van der Waals surface area (Å²) in [7, 11) is 0. The number of hydrogen-bond donors (Lipinski definition) is 1. The Kier molecular flexibility index (Phi) is 3.43. The van der Waals surface area contributed by atoms with Crippen LogP contribution >= 0.6 is 0 Å². The summed E-state index contributed by atoms with van der Waals surface area (Å²) >= 11 is 0. The minimum atomic E-state index is 0.592. The van der Waals surface area contributed by atoms with Crippen LogP contribution in [-0.2, 0) is 0 Å². The standard InChI is InChI=1S/C15H10N2/c16-12-14-8-4-5-9-15(14)17-11-10-13-6-2-1-3-7-13/h1-9,17H. The van der Waals surface area contributed by atoms with Crippen LogP contribution in [0.2, 0.25) is 0 Å². The number of nitrogens with zero attached hydrogens (tertiary/aromatic N) is 1. The molecular formula is C15H10N2. The van der Waals surface area contributed by atoms with E-state index in [2.05, 4.69) is 23.4 Å². The molecule has 0 aliphatic rings. The maximum Gasteiger partial charge on any atom is 0.101 e. The first-order valence-electron chi connectivity index (χ1n) is 5.21. The van der Waals surface area contributed by atoms with E-state index in [1.165, 1.54) is 0 Å². The Morgan fingerprint density at radius 2 is 1.59 bits per heavy atom. The number of benzene rings is 2. The van der Waals surface area contributed by atoms with E-state index in [0.29, 0.717) is 5.56 Å². The lowest BCUT2D eigenvalue weighted by Gasteiger charge is -1.99. The second-order valence-electron chi connectivity index (χ2n) is 3.40. The predicted molar refractivity (Wildman–Crippen MR) is 68.1 cm³/mol. The lowest BCUT2D eigenvalue weighted by atomic mass is 10.2. The molecule has 0 aliphatic carbocycles. The average molecular weight is 218 g/mol. The molecule has 0 radical (unpaired) electrons. The zero-order valence-corrected chi connectivity index (χ0v) is 9.14. The monoisotopic (exact) mass is 218 g/mol. The van der Waals surface area contributed by atoms with Crippen LogP contribution in [0, 0.1) is 23.3 Å². The summed E-state index contributed by atoms with van der Waals surface area (Å²) in [5.41, 5.74) is 2.27. The summed E-state index contributed by atoms with van der Waals surface area (Å²) in [5, 5.41) is 11.8. The fourth-order valence-electron chi connectivity index (χ4n) is 1.38. The zero-order valence-electron chi connectivity index (χ0n) is 9.14. The number of anilines is 1. The Bertz CT molecular complexity index is 598. The van der Waals surface area contributed by atoms with Crippen molar-refractivity contribution in [2.75, 3.05) is 5.32 Å². The number of para-hydroxylation sites is 1. The van der Waals surface area contributed by atoms with Crippen molar-refractivity contribution in [3.8, 4) is 18.0 Å². The van der Waals surface area contributed by atoms with E-state index in [1.807, 2.05) is 48.5 Å². The van der Waals surface area contributed by atoms with Crippen molar-refractivity contribution < 1.29 is 0 Å². The SMILES string of the molecule is N#Cc1ccccc1NC#Cc1ccccc1. The van der Waals surface area contributed by atoms with Gasteiger partial charge >= 0.3 is 0 Å². The molecule has 2 heteroatoms. The molecule has 0 aromatic heterocycles. The first-order chi connectivity index (χ1) is 8.40. The van der Waals surface area contributed by atoms with Crippen molar-refractivity contribution >= 4 is 5.69 Å². The van der Waals surface area contributed by atoms with Crippen LogP contribution in [0.25, 0.3) is 0 Å². The summed E-state index contributed by atoms with van der Waals surface area (Å²) in [6.45, 7) is 0. The number of nitriles is 1. The van der Waals surface area contributed by atoms with Crippen molar-refractivity contribution in [1.29, 1.82) is 5.26 Å². The summed E-state index contributed by atoms with van der Waals surface area (Å²) in [5.74, 6) is 2.97. The number of nitrogens with one attached hydrogen (secondary N) is 1. The quantitative estimate of drug-likeness (QED) is 0.590. The van der Waals surface area contributed by atoms with E-state index in [4.69, 9.17) is 5.26 Å². The van der Waals surface area contributed by atoms with E-state index in [1.54, 1.807) is 6.07 Å². The largest absolute Gasteiger partial charge is 0.313 e. The third-order valence-corrected chi connectivity index (χ3v) is 2.23. The molecule has 2 nitrogen and oxygen atoms in total. The highest BCUT2D eigenvalue weighted by molar-refractivity contribution is 5.60. The normalized spacial score (nSPS) is 8.65. The van der Waals surface area contributed by atoms with E-state index in [9.17, 15) is 0 Å². The third-order valence-electron chi connectivity index (χ3n) is 2.23. The molecular weight excluding hydrogens is 208 g/mol. The van der Waals surface area contributed by atoms with Crippen molar-refractivity contribution in [1.82, 2.24) is 0 Å². The first-order valence-corrected chi connectivity index (χ1v) is 5.21. The second-order valence-corrected chi connectivity index (χ2v) is 3.40. The van der Waals surface area contributed by atoms with Crippen molar-refractivity contribution in [2.45, 2.75) is 0 Å². The van der Waals surface area contributed by atoms with E-state index < -0.39 is 0 Å². The summed E-state index contributed by atoms with van der Waals surface area (Å²) in [6.07, 6.45) is 0. The fraction of sp³-hybridized carbons (Fsp3) is 0. The number of rotatable bonds is 1. The Labute approximate surface area is 101 Å². The minimum Gasteiger partial charge on any atom is -0.313 e. The Hall–Kier alpha value is -2.71. The second kappa shape index (κ2) is 5.39. The van der Waals surface area contributed by atoms with Gasteiger partial charge < -0.3 is 5.32 Å². The van der Waals surface area contributed by atoms with Gasteiger partial charge in [-0.3, -0.25) is 0 Å². The van der Waals surface area contributed by atoms with Gasteiger partial charge in [-0.05, 0) is 30.2 Å². The van der Waals surface area contributed by atoms with Gasteiger partial charge in [0.25, 0.3) is 0 Å². The fourth-order valence-corrected chi connectivity index (χ4v) is 1.38. The summed E-state index contributed by atoms with van der Waals surface area (Å²) < 4.78 is 0. The molecule has 0 saturated heterocycles. The van der Waals surface area contributed by atoms with Gasteiger partial charge in [-0.1, -0.05) is 30.3 Å². The maximum absolute atomic E-state index is 8.90. The van der Waals surface area contributed by atoms with Gasteiger partial charge in [0.05, 0.1) is 11.3 Å². The van der Waals surface area contributed by atoms with Crippen LogP contribution < -0.4 is 5.32 Å². The van der Waals surface area contributed by atoms with Crippen LogP contribution in [0.4, 0.5) is 5.69 Å². The van der Waals surface area contributed by atoms with Crippen LogP contribution in [0.1, 0.15) is 11.1 Å². The van der Waals surface area contributed by atoms with Gasteiger partial charge in [0, 0.05) is 11.6 Å². The first kappa shape index (κ1) is 10.8. The van der Waals surface area contributed by atoms with Crippen molar-refractivity contribution in [3.05, 3.63) is 65.7 Å². The van der Waals surface area contributed by atoms with E-state index >= 15 is 0 Å². The van der Waals surface area contributed by atoms with Gasteiger partial charge in [0.15, 0.2) is 0 Å². The molecule has 0 saturated carbocycles. The Morgan fingerprint density at radius 3 is 2.35 bits per heavy atom. The summed E-state index contributed by atoms with van der Waals surface area (Å²) in [4.78, 5) is 0. The molecule has 2 aromatic carbocycles. The molecule has 0 fully saturated rings. The topological polar surface area (TPSA) is 35.8 Å². The predicted octanol–water partition coefficient (Wildman–Crippen LogP) is 2.98. The highest BCUT2D eigenvalue weighted by Crippen LogP contribution is 2.12. The molecule has 1 N–H and O–H groups in total. The maximum atomic E-state index is 8.90. The van der Waals surface area contributed by atoms with E-state index in [-0.39, 0.29) is 0 Å². The third kappa shape index (κ3) is 2.87. The van der Waals surface area contributed by atoms with Crippen LogP contribution in [0.15, 0.2) is 54.6 Å². The molecule has 0 bridgehead atoms. The molecule has 2 rings (SSSR count). The smallest absolute Gasteiger partial charge is 0.101 e. The lowest BCUT2D eigenvalue weighted by Crippen LogP contribution is -1.91. The number of hydrogen-bond acceptors (Lipinski definition) is 2. The molecule has 0 atom stereocenters. The molecule has 80 valence electrons. The highest BCUT2D eigenvalue weighted by Gasteiger charge is 1.96. The van der Waals surface area contributed by atoms with Crippen LogP contribution in [-0.4, -0.2) is 0 Å². The molecule has 0 aliphatic heterocycles. The Morgan fingerprint density at radius 1 is 0.882 bits per heavy atom. The molecule has 17 heavy (non-hydrogen) atoms. The van der Waals surface area contributed by atoms with Crippen molar-refractivity contribution in [2.24, 2.45) is 0 Å². The average Bonchev–Trinajstić information content (AvgIpc) is 2.40. The lowest BCUT2D eigenvalue weighted by molar-refractivity contribution is 1.47. The van der Waals surface area contributed by atoms with Gasteiger partial charge in [0.1, 0.15) is 6.07 Å². The van der Waals surface area contributed by atoms with Gasteiger partial charge in [-0.15, -0.1) is 0 Å². The van der Waals surface area contributed by atoms with Gasteiger partial charge in [-0.25, -0.2) is 0 Å². The van der Waals surface area contributed by atoms with Gasteiger partial charge in [0.2, 0.25) is 0 Å². The van der Waals surface area contributed by atoms with Crippen LogP contribution in [0.5, 0.6) is 0 Å². The summed E-state index contributed by atoms with van der Waals surface area (Å²) in [6, 6.07) is 21.9. The zero-order chi connectivity index (χ0) is 11.9. The molecule has 0 spiro atoms. The highest BCUT2D eigenvalue weighted by atomic mass is 14.8. The molecule has 0 heterocycles. The Balaban J connectivity index is 2.14. The molecule has 0 amide bonds. The molecule has 2 aromatic rings.